The molecule has 1 aromatic rings. The van der Waals surface area contributed by atoms with E-state index >= 15 is 0 Å². The molecule has 0 aromatic heterocycles. The van der Waals surface area contributed by atoms with Gasteiger partial charge in [-0.3, -0.25) is 9.59 Å². The molecule has 6 nitrogen and oxygen atoms in total. The zero-order chi connectivity index (χ0) is 27.9. The van der Waals surface area contributed by atoms with E-state index < -0.39 is 0 Å². The summed E-state index contributed by atoms with van der Waals surface area (Å²) in [5.74, 6) is 0.647. The van der Waals surface area contributed by atoms with E-state index in [4.69, 9.17) is 14.2 Å². The number of ether oxygens (including phenoxy) is 3. The number of hydrogen-bond donors (Lipinski definition) is 1. The number of hydrogen-bond acceptors (Lipinski definition) is 6. The van der Waals surface area contributed by atoms with Crippen molar-refractivity contribution >= 4 is 11.9 Å². The van der Waals surface area contributed by atoms with Gasteiger partial charge in [0.25, 0.3) is 0 Å². The Morgan fingerprint density at radius 2 is 1.19 bits per heavy atom. The molecule has 0 atom stereocenters. The van der Waals surface area contributed by atoms with Gasteiger partial charge >= 0.3 is 11.9 Å². The second kappa shape index (κ2) is 16.6. The van der Waals surface area contributed by atoms with Gasteiger partial charge in [-0.2, -0.15) is 0 Å². The molecular weight excluding hydrogens is 468 g/mol. The van der Waals surface area contributed by atoms with Crippen molar-refractivity contribution in [2.24, 2.45) is 0 Å². The molecule has 0 amide bonds. The number of esters is 2. The molecule has 0 aliphatic heterocycles. The SMILES string of the molecule is CCCCCOC(=O)CCCC(C)(C)c1cc(OC)c(C(C)(C)CCCC(=O)OCCCCC)cc1O. The molecule has 0 aliphatic carbocycles. The first kappa shape index (κ1) is 32.8. The van der Waals surface area contributed by atoms with Gasteiger partial charge in [0, 0.05) is 24.0 Å². The average molecular weight is 521 g/mol. The number of methoxy groups -OCH3 is 1. The average Bonchev–Trinajstić information content (AvgIpc) is 2.84. The number of aromatic hydroxyl groups is 1. The van der Waals surface area contributed by atoms with Crippen molar-refractivity contribution in [2.45, 2.75) is 129 Å². The second-order valence-electron chi connectivity index (χ2n) is 11.4. The number of phenolic OH excluding ortho intramolecular Hbond substituents is 1. The van der Waals surface area contributed by atoms with E-state index in [-0.39, 0.29) is 28.5 Å². The molecule has 37 heavy (non-hydrogen) atoms. The molecule has 0 radical (unpaired) electrons. The van der Waals surface area contributed by atoms with E-state index in [2.05, 4.69) is 41.5 Å². The highest BCUT2D eigenvalue weighted by molar-refractivity contribution is 5.69. The molecular formula is C31H52O6. The largest absolute Gasteiger partial charge is 0.508 e. The van der Waals surface area contributed by atoms with Gasteiger partial charge in [-0.05, 0) is 61.5 Å². The maximum absolute atomic E-state index is 12.1. The molecule has 0 heterocycles. The first-order valence-corrected chi connectivity index (χ1v) is 14.2. The van der Waals surface area contributed by atoms with Crippen LogP contribution in [-0.2, 0) is 29.9 Å². The fraction of sp³-hybridized carbons (Fsp3) is 0.742. The Kier molecular flexibility index (Phi) is 14.7. The zero-order valence-corrected chi connectivity index (χ0v) is 24.5. The number of carbonyl (C=O) groups excluding carboxylic acids is 2. The van der Waals surface area contributed by atoms with Crippen molar-refractivity contribution in [1.82, 2.24) is 0 Å². The van der Waals surface area contributed by atoms with Crippen molar-refractivity contribution < 1.29 is 28.9 Å². The van der Waals surface area contributed by atoms with Crippen LogP contribution in [-0.4, -0.2) is 37.4 Å². The van der Waals surface area contributed by atoms with Crippen molar-refractivity contribution in [1.29, 1.82) is 0 Å². The van der Waals surface area contributed by atoms with Gasteiger partial charge in [-0.25, -0.2) is 0 Å². The maximum Gasteiger partial charge on any atom is 0.305 e. The minimum Gasteiger partial charge on any atom is -0.508 e. The van der Waals surface area contributed by atoms with E-state index in [1.807, 2.05) is 6.07 Å². The molecule has 1 N–H and O–H groups in total. The predicted molar refractivity (Wildman–Crippen MR) is 149 cm³/mol. The van der Waals surface area contributed by atoms with Gasteiger partial charge in [0.2, 0.25) is 0 Å². The van der Waals surface area contributed by atoms with Crippen LogP contribution in [0, 0.1) is 0 Å². The summed E-state index contributed by atoms with van der Waals surface area (Å²) in [4.78, 5) is 24.1. The molecule has 0 unspecified atom stereocenters. The van der Waals surface area contributed by atoms with Crippen LogP contribution >= 0.6 is 0 Å². The molecule has 0 aliphatic rings. The maximum atomic E-state index is 12.1. The van der Waals surface area contributed by atoms with Crippen molar-refractivity contribution in [2.75, 3.05) is 20.3 Å². The first-order valence-electron chi connectivity index (χ1n) is 14.2. The van der Waals surface area contributed by atoms with Crippen LogP contribution in [0.1, 0.15) is 130 Å². The summed E-state index contributed by atoms with van der Waals surface area (Å²) in [6.45, 7) is 13.6. The minimum absolute atomic E-state index is 0.149. The quantitative estimate of drug-likeness (QED) is 0.148. The lowest BCUT2D eigenvalue weighted by atomic mass is 9.75. The van der Waals surface area contributed by atoms with Gasteiger partial charge in [-0.15, -0.1) is 0 Å². The molecule has 0 fully saturated rings. The van der Waals surface area contributed by atoms with Crippen LogP contribution in [0.25, 0.3) is 0 Å². The Morgan fingerprint density at radius 3 is 1.62 bits per heavy atom. The smallest absolute Gasteiger partial charge is 0.305 e. The van der Waals surface area contributed by atoms with E-state index in [1.165, 1.54) is 0 Å². The summed E-state index contributed by atoms with van der Waals surface area (Å²) < 4.78 is 16.4. The van der Waals surface area contributed by atoms with Crippen molar-refractivity contribution in [3.8, 4) is 11.5 Å². The Morgan fingerprint density at radius 1 is 0.730 bits per heavy atom. The number of phenols is 1. The fourth-order valence-electron chi connectivity index (χ4n) is 4.65. The minimum atomic E-state index is -0.343. The lowest BCUT2D eigenvalue weighted by Gasteiger charge is -2.31. The van der Waals surface area contributed by atoms with Crippen LogP contribution in [0.3, 0.4) is 0 Å². The van der Waals surface area contributed by atoms with Gasteiger partial charge in [0.05, 0.1) is 20.3 Å². The third-order valence-corrected chi connectivity index (χ3v) is 7.16. The van der Waals surface area contributed by atoms with Crippen LogP contribution in [0.5, 0.6) is 11.5 Å². The molecule has 212 valence electrons. The highest BCUT2D eigenvalue weighted by Gasteiger charge is 2.30. The molecule has 0 saturated heterocycles. The van der Waals surface area contributed by atoms with Crippen molar-refractivity contribution in [3.63, 3.8) is 0 Å². The van der Waals surface area contributed by atoms with E-state index in [0.717, 1.165) is 68.2 Å². The van der Waals surface area contributed by atoms with Crippen LogP contribution in [0.4, 0.5) is 0 Å². The Labute approximate surface area is 225 Å². The van der Waals surface area contributed by atoms with E-state index in [1.54, 1.807) is 13.2 Å². The first-order chi connectivity index (χ1) is 17.5. The third kappa shape index (κ3) is 11.8. The number of benzene rings is 1. The number of unbranched alkanes of at least 4 members (excludes halogenated alkanes) is 4. The van der Waals surface area contributed by atoms with Gasteiger partial charge in [-0.1, -0.05) is 67.2 Å². The van der Waals surface area contributed by atoms with Crippen LogP contribution < -0.4 is 4.74 Å². The molecule has 0 saturated carbocycles. The lowest BCUT2D eigenvalue weighted by molar-refractivity contribution is -0.144. The summed E-state index contributed by atoms with van der Waals surface area (Å²) >= 11 is 0. The molecule has 1 rings (SSSR count). The summed E-state index contributed by atoms with van der Waals surface area (Å²) in [5.41, 5.74) is 1.08. The number of rotatable bonds is 19. The van der Waals surface area contributed by atoms with Crippen LogP contribution in [0.2, 0.25) is 0 Å². The predicted octanol–water partition coefficient (Wildman–Crippen LogP) is 7.76. The normalized spacial score (nSPS) is 11.9. The Bertz CT molecular complexity index is 827. The lowest BCUT2D eigenvalue weighted by Crippen LogP contribution is -2.22. The van der Waals surface area contributed by atoms with Crippen LogP contribution in [0.15, 0.2) is 12.1 Å². The Hall–Kier alpha value is -2.24. The summed E-state index contributed by atoms with van der Waals surface area (Å²) in [6.07, 6.45) is 9.80. The summed E-state index contributed by atoms with van der Waals surface area (Å²) in [6, 6.07) is 3.73. The summed E-state index contributed by atoms with van der Waals surface area (Å²) in [7, 11) is 1.64. The van der Waals surface area contributed by atoms with Gasteiger partial charge in [0.15, 0.2) is 0 Å². The summed E-state index contributed by atoms with van der Waals surface area (Å²) in [5, 5.41) is 11.0. The molecule has 6 heteroatoms. The molecule has 0 bridgehead atoms. The van der Waals surface area contributed by atoms with E-state index in [9.17, 15) is 14.7 Å². The zero-order valence-electron chi connectivity index (χ0n) is 24.5. The van der Waals surface area contributed by atoms with E-state index in [0.29, 0.717) is 38.9 Å². The molecule has 0 spiro atoms. The Balaban J connectivity index is 2.76. The highest BCUT2D eigenvalue weighted by atomic mass is 16.5. The monoisotopic (exact) mass is 520 g/mol. The third-order valence-electron chi connectivity index (χ3n) is 7.16. The second-order valence-corrected chi connectivity index (χ2v) is 11.4. The topological polar surface area (TPSA) is 82.1 Å². The highest BCUT2D eigenvalue weighted by Crippen LogP contribution is 2.44. The fourth-order valence-corrected chi connectivity index (χ4v) is 4.65. The number of carbonyl (C=O) groups is 2. The van der Waals surface area contributed by atoms with Gasteiger partial charge in [0.1, 0.15) is 11.5 Å². The van der Waals surface area contributed by atoms with Gasteiger partial charge < -0.3 is 19.3 Å². The van der Waals surface area contributed by atoms with Crippen molar-refractivity contribution in [3.05, 3.63) is 23.3 Å². The standard InChI is InChI=1S/C31H52O6/c1-8-10-12-20-36-28(33)16-14-18-30(3,4)24-23-27(35-7)25(22-26(24)32)31(5,6)19-15-17-29(34)37-21-13-11-9-2/h22-23,32H,8-21H2,1-7H3. The molecule has 1 aromatic carbocycles.